The van der Waals surface area contributed by atoms with Crippen molar-refractivity contribution >= 4 is 28.3 Å². The Morgan fingerprint density at radius 1 is 0.944 bits per heavy atom. The van der Waals surface area contributed by atoms with Crippen LogP contribution in [-0.2, 0) is 0 Å². The summed E-state index contributed by atoms with van der Waals surface area (Å²) in [6, 6.07) is 7.94. The normalized spacial score (nSPS) is 19.3. The van der Waals surface area contributed by atoms with E-state index < -0.39 is 0 Å². The highest BCUT2D eigenvalue weighted by atomic mass is 16.5. The standard InChI is InChI=1S/C27H33N7O2/c1-31-9-11-33(12-10-31)21-16-22-26(28-17-21)25(30-18-29-22)19-5-7-34(8-6-19)27(35)20-3-4-23-24(15-20)36-14-13-32(23)2/h3-4,15-19H,5-14H2,1-2H3. The van der Waals surface area contributed by atoms with Gasteiger partial charge in [0.15, 0.2) is 0 Å². The van der Waals surface area contributed by atoms with Gasteiger partial charge < -0.3 is 24.3 Å². The Kier molecular flexibility index (Phi) is 6.08. The number of benzene rings is 1. The molecule has 9 heteroatoms. The molecule has 3 aromatic rings. The van der Waals surface area contributed by atoms with E-state index in [2.05, 4.69) is 37.8 Å². The molecule has 9 nitrogen and oxygen atoms in total. The van der Waals surface area contributed by atoms with Crippen molar-refractivity contribution < 1.29 is 9.53 Å². The monoisotopic (exact) mass is 487 g/mol. The number of carbonyl (C=O) groups excluding carboxylic acids is 1. The molecule has 0 bridgehead atoms. The molecule has 0 spiro atoms. The van der Waals surface area contributed by atoms with Crippen molar-refractivity contribution in [1.82, 2.24) is 24.8 Å². The van der Waals surface area contributed by atoms with Crippen LogP contribution in [0.25, 0.3) is 11.0 Å². The summed E-state index contributed by atoms with van der Waals surface area (Å²) in [5, 5.41) is 0. The van der Waals surface area contributed by atoms with Crippen molar-refractivity contribution in [2.45, 2.75) is 18.8 Å². The summed E-state index contributed by atoms with van der Waals surface area (Å²) < 4.78 is 5.80. The number of pyridine rings is 1. The van der Waals surface area contributed by atoms with Gasteiger partial charge in [0.25, 0.3) is 5.91 Å². The first kappa shape index (κ1) is 23.0. The van der Waals surface area contributed by atoms with Gasteiger partial charge in [0.05, 0.1) is 35.3 Å². The van der Waals surface area contributed by atoms with Crippen molar-refractivity contribution in [1.29, 1.82) is 0 Å². The highest BCUT2D eigenvalue weighted by Crippen LogP contribution is 2.34. The van der Waals surface area contributed by atoms with Crippen LogP contribution in [-0.4, -0.2) is 97.2 Å². The van der Waals surface area contributed by atoms with Crippen molar-refractivity contribution in [3.8, 4) is 5.75 Å². The Morgan fingerprint density at radius 2 is 1.75 bits per heavy atom. The Labute approximate surface area is 211 Å². The number of carbonyl (C=O) groups is 1. The molecule has 1 amide bonds. The number of nitrogens with zero attached hydrogens (tertiary/aromatic N) is 7. The molecule has 2 fully saturated rings. The van der Waals surface area contributed by atoms with Gasteiger partial charge in [-0.15, -0.1) is 0 Å². The average Bonchev–Trinajstić information content (AvgIpc) is 2.92. The average molecular weight is 488 g/mol. The largest absolute Gasteiger partial charge is 0.490 e. The summed E-state index contributed by atoms with van der Waals surface area (Å²) in [6.45, 7) is 7.02. The minimum Gasteiger partial charge on any atom is -0.490 e. The summed E-state index contributed by atoms with van der Waals surface area (Å²) in [7, 11) is 4.21. The van der Waals surface area contributed by atoms with Crippen molar-refractivity contribution in [3.63, 3.8) is 0 Å². The minimum atomic E-state index is 0.0653. The van der Waals surface area contributed by atoms with E-state index in [9.17, 15) is 4.79 Å². The number of rotatable bonds is 3. The van der Waals surface area contributed by atoms with Crippen LogP contribution in [0.2, 0.25) is 0 Å². The second kappa shape index (κ2) is 9.54. The number of aromatic nitrogens is 3. The van der Waals surface area contributed by atoms with Crippen LogP contribution in [0.4, 0.5) is 11.4 Å². The molecule has 0 N–H and O–H groups in total. The molecule has 5 heterocycles. The number of hydrogen-bond donors (Lipinski definition) is 0. The molecule has 1 aromatic carbocycles. The van der Waals surface area contributed by atoms with Crippen LogP contribution in [0.5, 0.6) is 5.75 Å². The summed E-state index contributed by atoms with van der Waals surface area (Å²) in [4.78, 5) is 36.1. The molecule has 188 valence electrons. The fourth-order valence-electron chi connectivity index (χ4n) is 5.52. The van der Waals surface area contributed by atoms with Crippen LogP contribution >= 0.6 is 0 Å². The molecule has 3 aliphatic heterocycles. The second-order valence-corrected chi connectivity index (χ2v) is 10.1. The zero-order valence-electron chi connectivity index (χ0n) is 21.1. The number of piperidine rings is 1. The quantitative estimate of drug-likeness (QED) is 0.558. The van der Waals surface area contributed by atoms with Crippen LogP contribution in [0.1, 0.15) is 34.8 Å². The van der Waals surface area contributed by atoms with Crippen molar-refractivity contribution in [2.75, 3.05) is 76.3 Å². The summed E-state index contributed by atoms with van der Waals surface area (Å²) >= 11 is 0. The van der Waals surface area contributed by atoms with E-state index in [1.54, 1.807) is 6.33 Å². The van der Waals surface area contributed by atoms with Crippen LogP contribution < -0.4 is 14.5 Å². The predicted octanol–water partition coefficient (Wildman–Crippen LogP) is 2.63. The van der Waals surface area contributed by atoms with E-state index in [1.165, 1.54) is 0 Å². The number of hydrogen-bond acceptors (Lipinski definition) is 8. The Balaban J connectivity index is 1.15. The van der Waals surface area contributed by atoms with Crippen molar-refractivity contribution in [3.05, 3.63) is 48.0 Å². The van der Waals surface area contributed by atoms with Gasteiger partial charge in [-0.05, 0) is 44.2 Å². The molecule has 36 heavy (non-hydrogen) atoms. The molecule has 0 atom stereocenters. The molecule has 3 aliphatic rings. The van der Waals surface area contributed by atoms with E-state index in [0.29, 0.717) is 25.3 Å². The van der Waals surface area contributed by atoms with E-state index in [4.69, 9.17) is 9.72 Å². The minimum absolute atomic E-state index is 0.0653. The van der Waals surface area contributed by atoms with Gasteiger partial charge in [0.1, 0.15) is 24.2 Å². The van der Waals surface area contributed by atoms with Crippen LogP contribution in [0.15, 0.2) is 36.8 Å². The van der Waals surface area contributed by atoms with Crippen LogP contribution in [0.3, 0.4) is 0 Å². The van der Waals surface area contributed by atoms with E-state index in [-0.39, 0.29) is 11.8 Å². The molecule has 0 aliphatic carbocycles. The first-order valence-corrected chi connectivity index (χ1v) is 12.9. The lowest BCUT2D eigenvalue weighted by atomic mass is 9.92. The maximum Gasteiger partial charge on any atom is 0.253 e. The topological polar surface area (TPSA) is 77.9 Å². The summed E-state index contributed by atoms with van der Waals surface area (Å²) in [5.41, 5.74) is 5.64. The maximum atomic E-state index is 13.2. The van der Waals surface area contributed by atoms with E-state index in [0.717, 1.165) is 79.4 Å². The smallest absolute Gasteiger partial charge is 0.253 e. The molecule has 0 unspecified atom stereocenters. The van der Waals surface area contributed by atoms with Gasteiger partial charge in [-0.1, -0.05) is 0 Å². The van der Waals surface area contributed by atoms with Crippen molar-refractivity contribution in [2.24, 2.45) is 0 Å². The Morgan fingerprint density at radius 3 is 2.56 bits per heavy atom. The van der Waals surface area contributed by atoms with Crippen LogP contribution in [0, 0.1) is 0 Å². The molecule has 0 radical (unpaired) electrons. The summed E-state index contributed by atoms with van der Waals surface area (Å²) in [6.07, 6.45) is 5.36. The van der Waals surface area contributed by atoms with Gasteiger partial charge in [0, 0.05) is 57.8 Å². The number of fused-ring (bicyclic) bond motifs is 2. The number of piperazine rings is 1. The predicted molar refractivity (Wildman–Crippen MR) is 140 cm³/mol. The third-order valence-electron chi connectivity index (χ3n) is 7.83. The van der Waals surface area contributed by atoms with E-state index in [1.807, 2.05) is 36.3 Å². The van der Waals surface area contributed by atoms with Gasteiger partial charge in [0.2, 0.25) is 0 Å². The molecule has 2 aromatic heterocycles. The zero-order chi connectivity index (χ0) is 24.6. The third kappa shape index (κ3) is 4.32. The Bertz CT molecular complexity index is 1270. The SMILES string of the molecule is CN1CCN(c2cnc3c(C4CCN(C(=O)c5ccc6c(c5)OCCN6C)CC4)ncnc3c2)CC1. The second-order valence-electron chi connectivity index (χ2n) is 10.1. The highest BCUT2D eigenvalue weighted by molar-refractivity contribution is 5.95. The number of amides is 1. The highest BCUT2D eigenvalue weighted by Gasteiger charge is 2.28. The van der Waals surface area contributed by atoms with Gasteiger partial charge in [-0.3, -0.25) is 9.78 Å². The lowest BCUT2D eigenvalue weighted by Gasteiger charge is -2.34. The number of ether oxygens (including phenoxy) is 1. The number of anilines is 2. The lowest BCUT2D eigenvalue weighted by molar-refractivity contribution is 0.0712. The maximum absolute atomic E-state index is 13.2. The van der Waals surface area contributed by atoms with E-state index >= 15 is 0 Å². The molecule has 0 saturated carbocycles. The molecular formula is C27H33N7O2. The molecule has 6 rings (SSSR count). The molecular weight excluding hydrogens is 454 g/mol. The zero-order valence-corrected chi connectivity index (χ0v) is 21.1. The fourth-order valence-corrected chi connectivity index (χ4v) is 5.52. The first-order valence-electron chi connectivity index (χ1n) is 12.9. The lowest BCUT2D eigenvalue weighted by Crippen LogP contribution is -2.44. The third-order valence-corrected chi connectivity index (χ3v) is 7.83. The van der Waals surface area contributed by atoms with Gasteiger partial charge in [-0.25, -0.2) is 9.97 Å². The van der Waals surface area contributed by atoms with Gasteiger partial charge >= 0.3 is 0 Å². The number of likely N-dealkylation sites (N-methyl/N-ethyl adjacent to an activating group) is 2. The Hall–Kier alpha value is -3.46. The number of likely N-dealkylation sites (tertiary alicyclic amines) is 1. The van der Waals surface area contributed by atoms with Gasteiger partial charge in [-0.2, -0.15) is 0 Å². The fraction of sp³-hybridized carbons (Fsp3) is 0.481. The molecule has 2 saturated heterocycles. The first-order chi connectivity index (χ1) is 17.6. The summed E-state index contributed by atoms with van der Waals surface area (Å²) in [5.74, 6) is 1.12.